The van der Waals surface area contributed by atoms with Gasteiger partial charge in [0.1, 0.15) is 5.76 Å². The molecule has 0 bridgehead atoms. The van der Waals surface area contributed by atoms with E-state index in [-0.39, 0.29) is 11.7 Å². The molecule has 1 atom stereocenters. The number of hydrogen-bond donors (Lipinski definition) is 1. The number of hydrogen-bond acceptors (Lipinski definition) is 5. The summed E-state index contributed by atoms with van der Waals surface area (Å²) in [6.07, 6.45) is 5.40. The van der Waals surface area contributed by atoms with E-state index in [4.69, 9.17) is 4.42 Å². The number of furan rings is 1. The Morgan fingerprint density at radius 1 is 1.20 bits per heavy atom. The van der Waals surface area contributed by atoms with Crippen molar-refractivity contribution in [1.82, 2.24) is 9.97 Å². The molecule has 25 heavy (non-hydrogen) atoms. The van der Waals surface area contributed by atoms with Gasteiger partial charge >= 0.3 is 0 Å². The number of nitrogens with zero attached hydrogens (tertiary/aromatic N) is 2. The van der Waals surface area contributed by atoms with Crippen molar-refractivity contribution in [2.24, 2.45) is 0 Å². The summed E-state index contributed by atoms with van der Waals surface area (Å²) in [5, 5.41) is 3.21. The maximum absolute atomic E-state index is 12.4. The highest BCUT2D eigenvalue weighted by Crippen LogP contribution is 2.32. The van der Waals surface area contributed by atoms with Crippen molar-refractivity contribution in [3.05, 3.63) is 71.4 Å². The Kier molecular flexibility index (Phi) is 4.06. The van der Waals surface area contributed by atoms with E-state index in [1.165, 1.54) is 5.56 Å². The number of nitrogens with one attached hydrogen (secondary N) is 1. The Balaban J connectivity index is 1.58. The van der Waals surface area contributed by atoms with Crippen LogP contribution in [0.2, 0.25) is 0 Å². The van der Waals surface area contributed by atoms with Gasteiger partial charge in [0.25, 0.3) is 0 Å². The third-order valence-electron chi connectivity index (χ3n) is 4.60. The third kappa shape index (κ3) is 3.18. The van der Waals surface area contributed by atoms with Crippen molar-refractivity contribution < 1.29 is 9.21 Å². The summed E-state index contributed by atoms with van der Waals surface area (Å²) < 4.78 is 5.47. The first-order chi connectivity index (χ1) is 12.2. The number of benzene rings is 1. The first-order valence-electron chi connectivity index (χ1n) is 8.51. The Bertz CT molecular complexity index is 886. The molecular weight excluding hydrogens is 314 g/mol. The highest BCUT2D eigenvalue weighted by molar-refractivity contribution is 5.98. The van der Waals surface area contributed by atoms with Crippen LogP contribution >= 0.6 is 0 Å². The molecule has 3 aromatic rings. The van der Waals surface area contributed by atoms with Crippen LogP contribution in [0.15, 0.2) is 53.3 Å². The zero-order chi connectivity index (χ0) is 17.2. The number of rotatable bonds is 4. The molecule has 0 unspecified atom stereocenters. The van der Waals surface area contributed by atoms with Gasteiger partial charge in [-0.15, -0.1) is 0 Å². The fourth-order valence-electron chi connectivity index (χ4n) is 3.18. The molecule has 126 valence electrons. The van der Waals surface area contributed by atoms with Gasteiger partial charge in [-0.25, -0.2) is 9.97 Å². The molecule has 5 heteroatoms. The zero-order valence-corrected chi connectivity index (χ0v) is 14.0. The van der Waals surface area contributed by atoms with Crippen LogP contribution in [-0.2, 0) is 12.8 Å². The summed E-state index contributed by atoms with van der Waals surface area (Å²) in [5.74, 6) is 1.46. The number of aryl methyl sites for hydroxylation is 1. The van der Waals surface area contributed by atoms with Crippen molar-refractivity contribution in [1.29, 1.82) is 0 Å². The van der Waals surface area contributed by atoms with Gasteiger partial charge in [-0.05, 0) is 36.2 Å². The average molecular weight is 333 g/mol. The average Bonchev–Trinajstić information content (AvgIpc) is 3.17. The molecule has 1 aliphatic rings. The van der Waals surface area contributed by atoms with E-state index in [0.717, 1.165) is 23.6 Å². The molecule has 2 aromatic heterocycles. The van der Waals surface area contributed by atoms with E-state index < -0.39 is 0 Å². The van der Waals surface area contributed by atoms with Crippen molar-refractivity contribution in [3.8, 4) is 0 Å². The van der Waals surface area contributed by atoms with Gasteiger partial charge < -0.3 is 9.73 Å². The summed E-state index contributed by atoms with van der Waals surface area (Å²) in [5.41, 5.74) is 3.61. The monoisotopic (exact) mass is 333 g/mol. The second kappa shape index (κ2) is 6.51. The van der Waals surface area contributed by atoms with Crippen LogP contribution in [-0.4, -0.2) is 15.8 Å². The molecule has 0 spiro atoms. The standard InChI is InChI=1S/C20H19N3O2/c1-2-13-5-7-15(8-6-13)22-20-21-12-16-17(23-20)10-14(11-18(16)24)19-4-3-9-25-19/h3-9,12,14H,2,10-11H2,1H3,(H,21,22,23)/t14-/m1/s1. The first kappa shape index (κ1) is 15.6. The van der Waals surface area contributed by atoms with Gasteiger partial charge in [0.05, 0.1) is 17.5 Å². The minimum absolute atomic E-state index is 0.0431. The maximum Gasteiger partial charge on any atom is 0.227 e. The summed E-state index contributed by atoms with van der Waals surface area (Å²) in [7, 11) is 0. The Labute approximate surface area is 146 Å². The van der Waals surface area contributed by atoms with Gasteiger partial charge in [0, 0.05) is 30.6 Å². The topological polar surface area (TPSA) is 68.0 Å². The largest absolute Gasteiger partial charge is 0.469 e. The fourth-order valence-corrected chi connectivity index (χ4v) is 3.18. The van der Waals surface area contributed by atoms with E-state index in [9.17, 15) is 4.79 Å². The summed E-state index contributed by atoms with van der Waals surface area (Å²) >= 11 is 0. The maximum atomic E-state index is 12.4. The van der Waals surface area contributed by atoms with Crippen LogP contribution < -0.4 is 5.32 Å². The predicted octanol–water partition coefficient (Wildman–Crippen LogP) is 4.29. The lowest BCUT2D eigenvalue weighted by Gasteiger charge is -2.21. The van der Waals surface area contributed by atoms with Crippen molar-refractivity contribution in [3.63, 3.8) is 0 Å². The Hall–Kier alpha value is -2.95. The zero-order valence-electron chi connectivity index (χ0n) is 14.0. The number of carbonyl (C=O) groups is 1. The molecule has 0 fully saturated rings. The molecule has 1 aromatic carbocycles. The van der Waals surface area contributed by atoms with Crippen molar-refractivity contribution in [2.45, 2.75) is 32.1 Å². The van der Waals surface area contributed by atoms with Crippen molar-refractivity contribution >= 4 is 17.4 Å². The number of anilines is 2. The minimum atomic E-state index is 0.0431. The van der Waals surface area contributed by atoms with Crippen LogP contribution in [0.3, 0.4) is 0 Å². The van der Waals surface area contributed by atoms with Gasteiger partial charge in [0.2, 0.25) is 5.95 Å². The van der Waals surface area contributed by atoms with E-state index >= 15 is 0 Å². The van der Waals surface area contributed by atoms with Crippen molar-refractivity contribution in [2.75, 3.05) is 5.32 Å². The van der Waals surface area contributed by atoms with Crippen LogP contribution in [0.5, 0.6) is 0 Å². The molecule has 0 saturated heterocycles. The van der Waals surface area contributed by atoms with Gasteiger partial charge in [-0.2, -0.15) is 0 Å². The Morgan fingerprint density at radius 2 is 2.04 bits per heavy atom. The van der Waals surface area contributed by atoms with E-state index in [1.54, 1.807) is 12.5 Å². The summed E-state index contributed by atoms with van der Waals surface area (Å²) in [6, 6.07) is 12.0. The van der Waals surface area contributed by atoms with E-state index in [2.05, 4.69) is 34.3 Å². The molecule has 0 amide bonds. The Morgan fingerprint density at radius 3 is 2.76 bits per heavy atom. The predicted molar refractivity (Wildman–Crippen MR) is 95.2 cm³/mol. The summed E-state index contributed by atoms with van der Waals surface area (Å²) in [4.78, 5) is 21.3. The smallest absolute Gasteiger partial charge is 0.227 e. The van der Waals surface area contributed by atoms with Crippen LogP contribution in [0.1, 0.15) is 46.6 Å². The molecule has 1 aliphatic carbocycles. The second-order valence-corrected chi connectivity index (χ2v) is 6.27. The first-order valence-corrected chi connectivity index (χ1v) is 8.51. The molecule has 4 rings (SSSR count). The fraction of sp³-hybridized carbons (Fsp3) is 0.250. The molecular formula is C20H19N3O2. The molecule has 1 N–H and O–H groups in total. The minimum Gasteiger partial charge on any atom is -0.469 e. The molecule has 5 nitrogen and oxygen atoms in total. The quantitative estimate of drug-likeness (QED) is 0.771. The van der Waals surface area contributed by atoms with E-state index in [1.807, 2.05) is 24.3 Å². The second-order valence-electron chi connectivity index (χ2n) is 6.27. The van der Waals surface area contributed by atoms with E-state index in [0.29, 0.717) is 24.4 Å². The van der Waals surface area contributed by atoms with Gasteiger partial charge in [-0.3, -0.25) is 4.79 Å². The van der Waals surface area contributed by atoms with Gasteiger partial charge in [0.15, 0.2) is 5.78 Å². The number of Topliss-reactive ketones (excluding diaryl/α,β-unsaturated/α-hetero) is 1. The highest BCUT2D eigenvalue weighted by atomic mass is 16.3. The van der Waals surface area contributed by atoms with Gasteiger partial charge in [-0.1, -0.05) is 19.1 Å². The molecule has 2 heterocycles. The molecule has 0 aliphatic heterocycles. The normalized spacial score (nSPS) is 16.5. The molecule has 0 saturated carbocycles. The lowest BCUT2D eigenvalue weighted by Crippen LogP contribution is -2.20. The third-order valence-corrected chi connectivity index (χ3v) is 4.60. The molecule has 0 radical (unpaired) electrons. The number of fused-ring (bicyclic) bond motifs is 1. The lowest BCUT2D eigenvalue weighted by atomic mass is 9.85. The van der Waals surface area contributed by atoms with Crippen LogP contribution in [0, 0.1) is 0 Å². The van der Waals surface area contributed by atoms with Crippen LogP contribution in [0.25, 0.3) is 0 Å². The highest BCUT2D eigenvalue weighted by Gasteiger charge is 2.29. The number of ketones is 1. The van der Waals surface area contributed by atoms with Crippen LogP contribution in [0.4, 0.5) is 11.6 Å². The number of aromatic nitrogens is 2. The summed E-state index contributed by atoms with van der Waals surface area (Å²) in [6.45, 7) is 2.13. The number of carbonyl (C=O) groups excluding carboxylic acids is 1. The lowest BCUT2D eigenvalue weighted by molar-refractivity contribution is 0.0958. The SMILES string of the molecule is CCc1ccc(Nc2ncc3c(n2)C[C@@H](c2ccco2)CC3=O)cc1.